The number of nitriles is 1. The first-order chi connectivity index (χ1) is 14.2. The monoisotopic (exact) mass is 445 g/mol. The average molecular weight is 446 g/mol. The van der Waals surface area contributed by atoms with Crippen LogP contribution in [0.15, 0.2) is 5.16 Å². The Morgan fingerprint density at radius 1 is 1.40 bits per heavy atom. The smallest absolute Gasteiger partial charge is 0.235 e. The van der Waals surface area contributed by atoms with Gasteiger partial charge in [-0.3, -0.25) is 4.79 Å². The molecule has 1 aliphatic rings. The SMILES string of the molecule is CCn1c(SCC(=O)Nc2sc3c(c2C#N)CC[C@H](C(C)(C)C)C3)nnc1C(C)C. The minimum absolute atomic E-state index is 0.112. The summed E-state index contributed by atoms with van der Waals surface area (Å²) in [6.45, 7) is 13.8. The molecule has 1 N–H and O–H groups in total. The topological polar surface area (TPSA) is 83.6 Å². The third kappa shape index (κ3) is 4.73. The van der Waals surface area contributed by atoms with Crippen molar-refractivity contribution in [2.24, 2.45) is 11.3 Å². The summed E-state index contributed by atoms with van der Waals surface area (Å²) in [5.74, 6) is 1.96. The highest BCUT2D eigenvalue weighted by atomic mass is 32.2. The van der Waals surface area contributed by atoms with Crippen LogP contribution in [0.5, 0.6) is 0 Å². The summed E-state index contributed by atoms with van der Waals surface area (Å²) >= 11 is 2.96. The molecule has 1 aliphatic carbocycles. The van der Waals surface area contributed by atoms with Crippen molar-refractivity contribution in [2.75, 3.05) is 11.1 Å². The van der Waals surface area contributed by atoms with Crippen LogP contribution in [0.4, 0.5) is 5.00 Å². The zero-order valence-corrected chi connectivity index (χ0v) is 20.3. The Bertz CT molecular complexity index is 962. The van der Waals surface area contributed by atoms with Gasteiger partial charge in [0, 0.05) is 17.3 Å². The molecule has 1 atom stereocenters. The highest BCUT2D eigenvalue weighted by Crippen LogP contribution is 2.44. The van der Waals surface area contributed by atoms with E-state index in [9.17, 15) is 10.1 Å². The third-order valence-electron chi connectivity index (χ3n) is 5.77. The number of aromatic nitrogens is 3. The van der Waals surface area contributed by atoms with Gasteiger partial charge in [-0.05, 0) is 43.1 Å². The fourth-order valence-corrected chi connectivity index (χ4v) is 6.06. The van der Waals surface area contributed by atoms with Crippen molar-refractivity contribution >= 4 is 34.0 Å². The van der Waals surface area contributed by atoms with Crippen molar-refractivity contribution in [2.45, 2.75) is 78.4 Å². The fraction of sp³-hybridized carbons (Fsp3) is 0.636. The molecular weight excluding hydrogens is 414 g/mol. The molecule has 2 aromatic heterocycles. The first kappa shape index (κ1) is 22.8. The van der Waals surface area contributed by atoms with Crippen LogP contribution >= 0.6 is 23.1 Å². The second kappa shape index (κ2) is 9.11. The zero-order valence-electron chi connectivity index (χ0n) is 18.7. The molecule has 0 saturated heterocycles. The molecule has 162 valence electrons. The molecular formula is C22H31N5OS2. The number of nitrogens with one attached hydrogen (secondary N) is 1. The first-order valence-corrected chi connectivity index (χ1v) is 12.4. The van der Waals surface area contributed by atoms with E-state index < -0.39 is 0 Å². The zero-order chi connectivity index (χ0) is 22.1. The lowest BCUT2D eigenvalue weighted by molar-refractivity contribution is -0.113. The number of amides is 1. The Morgan fingerprint density at radius 2 is 2.13 bits per heavy atom. The van der Waals surface area contributed by atoms with Crippen LogP contribution < -0.4 is 5.32 Å². The number of rotatable bonds is 6. The molecule has 1 amide bonds. The van der Waals surface area contributed by atoms with Gasteiger partial charge in [0.25, 0.3) is 0 Å². The van der Waals surface area contributed by atoms with Gasteiger partial charge in [-0.15, -0.1) is 21.5 Å². The molecule has 0 aromatic carbocycles. The average Bonchev–Trinajstić information content (AvgIpc) is 3.25. The molecule has 2 aromatic rings. The van der Waals surface area contributed by atoms with E-state index >= 15 is 0 Å². The van der Waals surface area contributed by atoms with Crippen LogP contribution in [0, 0.1) is 22.7 Å². The molecule has 0 bridgehead atoms. The number of thioether (sulfide) groups is 1. The lowest BCUT2D eigenvalue weighted by Crippen LogP contribution is -2.26. The van der Waals surface area contributed by atoms with E-state index in [0.29, 0.717) is 16.5 Å². The number of anilines is 1. The molecule has 0 spiro atoms. The maximum Gasteiger partial charge on any atom is 0.235 e. The highest BCUT2D eigenvalue weighted by molar-refractivity contribution is 7.99. The van der Waals surface area contributed by atoms with E-state index in [-0.39, 0.29) is 23.0 Å². The summed E-state index contributed by atoms with van der Waals surface area (Å²) in [6.07, 6.45) is 3.00. The van der Waals surface area contributed by atoms with Gasteiger partial charge >= 0.3 is 0 Å². The quantitative estimate of drug-likeness (QED) is 0.615. The minimum Gasteiger partial charge on any atom is -0.316 e. The maximum atomic E-state index is 12.6. The van der Waals surface area contributed by atoms with Gasteiger partial charge in [0.2, 0.25) is 5.91 Å². The van der Waals surface area contributed by atoms with Crippen molar-refractivity contribution in [1.82, 2.24) is 14.8 Å². The lowest BCUT2D eigenvalue weighted by atomic mass is 9.72. The van der Waals surface area contributed by atoms with Gasteiger partial charge in [-0.2, -0.15) is 5.26 Å². The molecule has 0 saturated carbocycles. The van der Waals surface area contributed by atoms with E-state index in [4.69, 9.17) is 0 Å². The number of carbonyl (C=O) groups is 1. The number of nitrogens with zero attached hydrogens (tertiary/aromatic N) is 4. The Morgan fingerprint density at radius 3 is 2.73 bits per heavy atom. The van der Waals surface area contributed by atoms with Crippen molar-refractivity contribution in [1.29, 1.82) is 5.26 Å². The molecule has 0 unspecified atom stereocenters. The van der Waals surface area contributed by atoms with Crippen molar-refractivity contribution in [3.8, 4) is 6.07 Å². The summed E-state index contributed by atoms with van der Waals surface area (Å²) in [4.78, 5) is 13.9. The Kier molecular flexibility index (Phi) is 6.93. The molecule has 0 radical (unpaired) electrons. The van der Waals surface area contributed by atoms with E-state index in [1.807, 2.05) is 0 Å². The Hall–Kier alpha value is -1.85. The second-order valence-electron chi connectivity index (χ2n) is 9.20. The molecule has 2 heterocycles. The van der Waals surface area contributed by atoms with Gasteiger partial charge in [0.1, 0.15) is 16.9 Å². The number of fused-ring (bicyclic) bond motifs is 1. The second-order valence-corrected chi connectivity index (χ2v) is 11.2. The van der Waals surface area contributed by atoms with Crippen LogP contribution in [-0.4, -0.2) is 26.4 Å². The number of carbonyl (C=O) groups excluding carboxylic acids is 1. The summed E-state index contributed by atoms with van der Waals surface area (Å²) in [7, 11) is 0. The number of hydrogen-bond donors (Lipinski definition) is 1. The predicted octanol–water partition coefficient (Wildman–Crippen LogP) is 5.24. The molecule has 8 heteroatoms. The van der Waals surface area contributed by atoms with Gasteiger partial charge in [0.05, 0.1) is 11.3 Å². The lowest BCUT2D eigenvalue weighted by Gasteiger charge is -2.33. The van der Waals surface area contributed by atoms with Gasteiger partial charge in [-0.1, -0.05) is 46.4 Å². The van der Waals surface area contributed by atoms with Gasteiger partial charge in [-0.25, -0.2) is 0 Å². The summed E-state index contributed by atoms with van der Waals surface area (Å²) < 4.78 is 2.06. The van der Waals surface area contributed by atoms with E-state index in [0.717, 1.165) is 42.4 Å². The maximum absolute atomic E-state index is 12.6. The molecule has 3 rings (SSSR count). The van der Waals surface area contributed by atoms with Crippen LogP contribution in [0.25, 0.3) is 0 Å². The molecule has 0 fully saturated rings. The largest absolute Gasteiger partial charge is 0.316 e. The van der Waals surface area contributed by atoms with Crippen molar-refractivity contribution < 1.29 is 4.79 Å². The highest BCUT2D eigenvalue weighted by Gasteiger charge is 2.32. The summed E-state index contributed by atoms with van der Waals surface area (Å²) in [5.41, 5.74) is 2.04. The van der Waals surface area contributed by atoms with E-state index in [1.165, 1.54) is 16.6 Å². The van der Waals surface area contributed by atoms with Crippen LogP contribution in [-0.2, 0) is 24.2 Å². The van der Waals surface area contributed by atoms with Gasteiger partial charge in [0.15, 0.2) is 5.16 Å². The van der Waals surface area contributed by atoms with Crippen LogP contribution in [0.3, 0.4) is 0 Å². The Balaban J connectivity index is 1.70. The number of hydrogen-bond acceptors (Lipinski definition) is 6. The Labute approximate surface area is 187 Å². The van der Waals surface area contributed by atoms with Crippen molar-refractivity contribution in [3.63, 3.8) is 0 Å². The van der Waals surface area contributed by atoms with E-state index in [2.05, 4.69) is 67.7 Å². The fourth-order valence-electron chi connectivity index (χ4n) is 3.96. The van der Waals surface area contributed by atoms with Crippen LogP contribution in [0.1, 0.15) is 75.7 Å². The molecule has 0 aliphatic heterocycles. The summed E-state index contributed by atoms with van der Waals surface area (Å²) in [6, 6.07) is 2.33. The number of thiophene rings is 1. The third-order valence-corrected chi connectivity index (χ3v) is 7.90. The first-order valence-electron chi connectivity index (χ1n) is 10.6. The van der Waals surface area contributed by atoms with Crippen LogP contribution in [0.2, 0.25) is 0 Å². The molecule has 30 heavy (non-hydrogen) atoms. The summed E-state index contributed by atoms with van der Waals surface area (Å²) in [5, 5.41) is 22.7. The minimum atomic E-state index is -0.112. The van der Waals surface area contributed by atoms with Crippen molar-refractivity contribution in [3.05, 3.63) is 21.8 Å². The van der Waals surface area contributed by atoms with Gasteiger partial charge < -0.3 is 9.88 Å². The predicted molar refractivity (Wildman–Crippen MR) is 123 cm³/mol. The normalized spacial score (nSPS) is 16.4. The molecule has 6 nitrogen and oxygen atoms in total. The standard InChI is InChI=1S/C22H31N5OS2/c1-7-27-19(13(2)3)25-26-21(27)29-12-18(28)24-20-16(11-23)15-9-8-14(22(4,5)6)10-17(15)30-20/h13-14H,7-10,12H2,1-6H3,(H,24,28)/t14-/m0/s1. The van der Waals surface area contributed by atoms with E-state index in [1.54, 1.807) is 11.3 Å².